The number of aryl methyl sites for hydroxylation is 2. The second-order valence-electron chi connectivity index (χ2n) is 10.1. The van der Waals surface area contributed by atoms with Crippen molar-refractivity contribution >= 4 is 39.1 Å². The summed E-state index contributed by atoms with van der Waals surface area (Å²) in [7, 11) is -2.84. The summed E-state index contributed by atoms with van der Waals surface area (Å²) in [6.45, 7) is 8.80. The van der Waals surface area contributed by atoms with Crippen LogP contribution in [0.5, 0.6) is 5.75 Å². The smallest absolute Gasteiger partial charge is 0.264 e. The van der Waals surface area contributed by atoms with Gasteiger partial charge in [-0.2, -0.15) is 0 Å². The van der Waals surface area contributed by atoms with E-state index in [0.29, 0.717) is 0 Å². The Kier molecular flexibility index (Phi) is 10.8. The maximum atomic E-state index is 14.1. The first kappa shape index (κ1) is 32.0. The van der Waals surface area contributed by atoms with E-state index < -0.39 is 28.5 Å². The molecule has 3 aromatic carbocycles. The van der Waals surface area contributed by atoms with Gasteiger partial charge in [0.15, 0.2) is 0 Å². The molecule has 2 atom stereocenters. The number of sulfonamides is 1. The van der Waals surface area contributed by atoms with E-state index in [2.05, 4.69) is 5.32 Å². The molecule has 0 aliphatic carbocycles. The molecule has 10 heteroatoms. The van der Waals surface area contributed by atoms with Crippen molar-refractivity contribution < 1.29 is 22.7 Å². The number of amides is 2. The summed E-state index contributed by atoms with van der Waals surface area (Å²) in [5.74, 6) is -0.654. The average molecular weight is 600 g/mol. The number of carbonyl (C=O) groups excluding carboxylic acids is 2. The number of carbonyl (C=O) groups is 2. The van der Waals surface area contributed by atoms with Crippen LogP contribution in [0.4, 0.5) is 5.69 Å². The van der Waals surface area contributed by atoms with Crippen LogP contribution in [-0.4, -0.2) is 50.9 Å². The number of halogens is 1. The van der Waals surface area contributed by atoms with Crippen LogP contribution in [0.3, 0.4) is 0 Å². The van der Waals surface area contributed by atoms with Gasteiger partial charge in [0, 0.05) is 17.6 Å². The van der Waals surface area contributed by atoms with Crippen molar-refractivity contribution in [2.75, 3.05) is 18.0 Å². The van der Waals surface area contributed by atoms with Gasteiger partial charge < -0.3 is 15.0 Å². The number of benzene rings is 3. The summed E-state index contributed by atoms with van der Waals surface area (Å²) in [4.78, 5) is 28.8. The normalized spacial score (nSPS) is 12.8. The van der Waals surface area contributed by atoms with Crippen molar-refractivity contribution in [1.82, 2.24) is 10.2 Å². The molecule has 0 radical (unpaired) electrons. The third-order valence-electron chi connectivity index (χ3n) is 7.07. The van der Waals surface area contributed by atoms with E-state index in [1.807, 2.05) is 52.0 Å². The molecular weight excluding hydrogens is 562 g/mol. The Morgan fingerprint density at radius 3 is 2.27 bits per heavy atom. The molecule has 220 valence electrons. The minimum absolute atomic E-state index is 0.00550. The number of anilines is 1. The lowest BCUT2D eigenvalue weighted by Crippen LogP contribution is -2.52. The van der Waals surface area contributed by atoms with E-state index in [0.717, 1.165) is 27.4 Å². The Labute approximate surface area is 248 Å². The Bertz CT molecular complexity index is 1480. The van der Waals surface area contributed by atoms with Gasteiger partial charge >= 0.3 is 0 Å². The molecule has 0 heterocycles. The zero-order valence-corrected chi connectivity index (χ0v) is 25.9. The number of nitrogens with zero attached hydrogens (tertiary/aromatic N) is 2. The molecule has 8 nitrogen and oxygen atoms in total. The highest BCUT2D eigenvalue weighted by Crippen LogP contribution is 2.35. The summed E-state index contributed by atoms with van der Waals surface area (Å²) in [5, 5.41) is 3.21. The van der Waals surface area contributed by atoms with Gasteiger partial charge in [0.25, 0.3) is 10.0 Å². The third-order valence-corrected chi connectivity index (χ3v) is 9.08. The minimum atomic E-state index is -4.25. The van der Waals surface area contributed by atoms with Gasteiger partial charge in [-0.25, -0.2) is 8.42 Å². The van der Waals surface area contributed by atoms with Crippen LogP contribution in [0, 0.1) is 13.8 Å². The third kappa shape index (κ3) is 7.80. The van der Waals surface area contributed by atoms with Crippen LogP contribution >= 0.6 is 11.6 Å². The molecule has 0 saturated heterocycles. The molecule has 0 aliphatic heterocycles. The molecule has 0 aromatic heterocycles. The van der Waals surface area contributed by atoms with Crippen LogP contribution in [0.1, 0.15) is 43.9 Å². The van der Waals surface area contributed by atoms with Gasteiger partial charge in [-0.1, -0.05) is 60.5 Å². The SMILES string of the molecule is CC[C@@H](C)NC(=O)[C@@H](C)N(Cc1ccccc1C)C(=O)CN(c1cc(Cl)ccc1OC)S(=O)(=O)c1ccc(C)cc1. The second-order valence-corrected chi connectivity index (χ2v) is 12.4. The predicted octanol–water partition coefficient (Wildman–Crippen LogP) is 5.49. The number of hydrogen-bond acceptors (Lipinski definition) is 5. The fraction of sp³-hybridized carbons (Fsp3) is 0.355. The number of methoxy groups -OCH3 is 1. The number of nitrogens with one attached hydrogen (secondary N) is 1. The molecule has 3 rings (SSSR count). The summed E-state index contributed by atoms with van der Waals surface area (Å²) in [6, 6.07) is 17.5. The molecule has 3 aromatic rings. The van der Waals surface area contributed by atoms with E-state index in [-0.39, 0.29) is 39.8 Å². The van der Waals surface area contributed by atoms with Crippen molar-refractivity contribution in [2.45, 2.75) is 64.6 Å². The van der Waals surface area contributed by atoms with Gasteiger partial charge in [0.05, 0.1) is 17.7 Å². The topological polar surface area (TPSA) is 96.0 Å². The van der Waals surface area contributed by atoms with Crippen LogP contribution in [0.25, 0.3) is 0 Å². The fourth-order valence-electron chi connectivity index (χ4n) is 4.23. The maximum absolute atomic E-state index is 14.1. The first-order valence-corrected chi connectivity index (χ1v) is 15.3. The van der Waals surface area contributed by atoms with Gasteiger partial charge in [-0.3, -0.25) is 13.9 Å². The summed E-state index contributed by atoms with van der Waals surface area (Å²) < 4.78 is 34.6. The quantitative estimate of drug-likeness (QED) is 0.297. The number of hydrogen-bond donors (Lipinski definition) is 1. The van der Waals surface area contributed by atoms with Crippen molar-refractivity contribution in [3.63, 3.8) is 0 Å². The average Bonchev–Trinajstić information content (AvgIpc) is 2.95. The molecule has 0 spiro atoms. The summed E-state index contributed by atoms with van der Waals surface area (Å²) in [5.41, 5.74) is 2.79. The Hall–Kier alpha value is -3.56. The van der Waals surface area contributed by atoms with E-state index in [1.54, 1.807) is 31.2 Å². The Morgan fingerprint density at radius 2 is 1.66 bits per heavy atom. The highest BCUT2D eigenvalue weighted by Gasteiger charge is 2.34. The van der Waals surface area contributed by atoms with Gasteiger partial charge in [-0.15, -0.1) is 0 Å². The lowest BCUT2D eigenvalue weighted by molar-refractivity contribution is -0.139. The minimum Gasteiger partial charge on any atom is -0.495 e. The lowest BCUT2D eigenvalue weighted by atomic mass is 10.1. The molecule has 0 fully saturated rings. The highest BCUT2D eigenvalue weighted by atomic mass is 35.5. The molecule has 1 N–H and O–H groups in total. The summed E-state index contributed by atoms with van der Waals surface area (Å²) >= 11 is 6.29. The molecular formula is C31H38ClN3O5S. The Morgan fingerprint density at radius 1 is 1.00 bits per heavy atom. The number of rotatable bonds is 12. The molecule has 0 unspecified atom stereocenters. The first-order valence-electron chi connectivity index (χ1n) is 13.5. The molecule has 0 aliphatic rings. The first-order chi connectivity index (χ1) is 19.4. The van der Waals surface area contributed by atoms with E-state index in [1.165, 1.54) is 30.2 Å². The van der Waals surface area contributed by atoms with Crippen molar-refractivity contribution in [2.24, 2.45) is 0 Å². The molecule has 0 saturated carbocycles. The fourth-order valence-corrected chi connectivity index (χ4v) is 5.81. The van der Waals surface area contributed by atoms with Crippen LogP contribution < -0.4 is 14.4 Å². The monoisotopic (exact) mass is 599 g/mol. The largest absolute Gasteiger partial charge is 0.495 e. The van der Waals surface area contributed by atoms with Crippen molar-refractivity contribution in [3.8, 4) is 5.75 Å². The maximum Gasteiger partial charge on any atom is 0.264 e. The van der Waals surface area contributed by atoms with Crippen molar-refractivity contribution in [1.29, 1.82) is 0 Å². The van der Waals surface area contributed by atoms with E-state index >= 15 is 0 Å². The zero-order chi connectivity index (χ0) is 30.3. The molecule has 0 bridgehead atoms. The Balaban J connectivity index is 2.11. The van der Waals surface area contributed by atoms with Gasteiger partial charge in [0.1, 0.15) is 18.3 Å². The molecule has 41 heavy (non-hydrogen) atoms. The lowest BCUT2D eigenvalue weighted by Gasteiger charge is -2.33. The highest BCUT2D eigenvalue weighted by molar-refractivity contribution is 7.92. The second kappa shape index (κ2) is 13.9. The van der Waals surface area contributed by atoms with Crippen molar-refractivity contribution in [3.05, 3.63) is 88.4 Å². The number of ether oxygens (including phenoxy) is 1. The predicted molar refractivity (Wildman–Crippen MR) is 163 cm³/mol. The van der Waals surface area contributed by atoms with Crippen LogP contribution in [0.15, 0.2) is 71.6 Å². The van der Waals surface area contributed by atoms with E-state index in [9.17, 15) is 18.0 Å². The standard InChI is InChI=1S/C31H38ClN3O5S/c1-7-23(4)33-31(37)24(5)34(19-25-11-9-8-10-22(25)3)30(36)20-35(28-18-26(32)14-17-29(28)40-6)41(38,39)27-15-12-21(2)13-16-27/h8-18,23-24H,7,19-20H2,1-6H3,(H,33,37)/t23-,24-/m1/s1. The summed E-state index contributed by atoms with van der Waals surface area (Å²) in [6.07, 6.45) is 0.724. The van der Waals surface area contributed by atoms with Gasteiger partial charge in [0.2, 0.25) is 11.8 Å². The zero-order valence-electron chi connectivity index (χ0n) is 24.3. The van der Waals surface area contributed by atoms with Gasteiger partial charge in [-0.05, 0) is 75.6 Å². The molecule has 2 amide bonds. The van der Waals surface area contributed by atoms with E-state index in [4.69, 9.17) is 16.3 Å². The van der Waals surface area contributed by atoms with Crippen LogP contribution in [-0.2, 0) is 26.2 Å². The van der Waals surface area contributed by atoms with Crippen LogP contribution in [0.2, 0.25) is 5.02 Å².